The molecule has 1 aliphatic heterocycles. The number of rotatable bonds is 1. The lowest BCUT2D eigenvalue weighted by Gasteiger charge is -2.16. The van der Waals surface area contributed by atoms with Crippen molar-refractivity contribution in [2.24, 2.45) is 0 Å². The Hall–Kier alpha value is -0.990. The van der Waals surface area contributed by atoms with Crippen LogP contribution in [0.25, 0.3) is 0 Å². The fraction of sp³-hybridized carbons (Fsp3) is 0.571. The van der Waals surface area contributed by atoms with Crippen molar-refractivity contribution in [1.29, 1.82) is 0 Å². The molecule has 3 heteroatoms. The van der Waals surface area contributed by atoms with E-state index in [1.165, 1.54) is 0 Å². The lowest BCUT2D eigenvalue weighted by atomic mass is 10.3. The molecule has 0 N–H and O–H groups in total. The van der Waals surface area contributed by atoms with E-state index in [0.717, 1.165) is 6.42 Å². The van der Waals surface area contributed by atoms with E-state index in [-0.39, 0.29) is 6.10 Å². The van der Waals surface area contributed by atoms with E-state index in [2.05, 4.69) is 4.74 Å². The third-order valence-corrected chi connectivity index (χ3v) is 1.27. The topological polar surface area (TPSA) is 35.5 Å². The third-order valence-electron chi connectivity index (χ3n) is 1.27. The highest BCUT2D eigenvalue weighted by Gasteiger charge is 2.17. The molecule has 1 aliphatic rings. The Kier molecular flexibility index (Phi) is 1.94. The predicted molar refractivity (Wildman–Crippen MR) is 35.4 cm³/mol. The number of carbonyl (C=O) groups excluding carboxylic acids is 1. The molecule has 1 atom stereocenters. The maximum Gasteiger partial charge on any atom is 0.514 e. The Bertz CT molecular complexity index is 172. The summed E-state index contributed by atoms with van der Waals surface area (Å²) < 4.78 is 9.39. The van der Waals surface area contributed by atoms with Crippen LogP contribution < -0.4 is 0 Å². The van der Waals surface area contributed by atoms with Crippen LogP contribution in [0, 0.1) is 0 Å². The van der Waals surface area contributed by atoms with E-state index in [1.807, 2.05) is 6.92 Å². The molecule has 0 radical (unpaired) electrons. The maximum absolute atomic E-state index is 10.6. The van der Waals surface area contributed by atoms with E-state index in [1.54, 1.807) is 13.0 Å². The van der Waals surface area contributed by atoms with E-state index in [9.17, 15) is 4.79 Å². The number of hydrogen-bond donors (Lipinski definition) is 0. The van der Waals surface area contributed by atoms with Gasteiger partial charge in [0.15, 0.2) is 0 Å². The minimum absolute atomic E-state index is 0.142. The van der Waals surface area contributed by atoms with E-state index < -0.39 is 6.16 Å². The van der Waals surface area contributed by atoms with Crippen molar-refractivity contribution in [1.82, 2.24) is 0 Å². The zero-order valence-corrected chi connectivity index (χ0v) is 6.09. The van der Waals surface area contributed by atoms with Gasteiger partial charge >= 0.3 is 6.16 Å². The van der Waals surface area contributed by atoms with Gasteiger partial charge in [-0.15, -0.1) is 0 Å². The summed E-state index contributed by atoms with van der Waals surface area (Å²) in [5, 5.41) is 0. The van der Waals surface area contributed by atoms with Crippen LogP contribution in [0.15, 0.2) is 11.8 Å². The summed E-state index contributed by atoms with van der Waals surface area (Å²) in [5.41, 5.74) is 0. The summed E-state index contributed by atoms with van der Waals surface area (Å²) in [5.74, 6) is 0.698. The fourth-order valence-electron chi connectivity index (χ4n) is 0.803. The molecule has 0 amide bonds. The lowest BCUT2D eigenvalue weighted by molar-refractivity contribution is 0.0439. The molecule has 0 fully saturated rings. The summed E-state index contributed by atoms with van der Waals surface area (Å²) in [7, 11) is 0. The molecule has 3 nitrogen and oxygen atoms in total. The molecule has 56 valence electrons. The molecule has 0 aromatic heterocycles. The summed E-state index contributed by atoms with van der Waals surface area (Å²) in [6.45, 7) is 3.73. The van der Waals surface area contributed by atoms with E-state index in [0.29, 0.717) is 5.76 Å². The van der Waals surface area contributed by atoms with Gasteiger partial charge in [-0.2, -0.15) is 0 Å². The Morgan fingerprint density at radius 3 is 2.90 bits per heavy atom. The maximum atomic E-state index is 10.6. The van der Waals surface area contributed by atoms with Crippen molar-refractivity contribution in [2.75, 3.05) is 0 Å². The highest BCUT2D eigenvalue weighted by atomic mass is 16.7. The molecule has 0 saturated carbocycles. The minimum Gasteiger partial charge on any atom is -0.427 e. The van der Waals surface area contributed by atoms with Crippen LogP contribution in [0.3, 0.4) is 0 Å². The lowest BCUT2D eigenvalue weighted by Crippen LogP contribution is -2.19. The van der Waals surface area contributed by atoms with Crippen LogP contribution in [0.1, 0.15) is 20.3 Å². The van der Waals surface area contributed by atoms with Crippen LogP contribution in [0.5, 0.6) is 0 Å². The van der Waals surface area contributed by atoms with E-state index in [4.69, 9.17) is 4.74 Å². The zero-order valence-electron chi connectivity index (χ0n) is 6.09. The first-order valence-electron chi connectivity index (χ1n) is 3.31. The van der Waals surface area contributed by atoms with Gasteiger partial charge in [0.2, 0.25) is 0 Å². The van der Waals surface area contributed by atoms with Gasteiger partial charge in [-0.25, -0.2) is 4.79 Å². The summed E-state index contributed by atoms with van der Waals surface area (Å²) in [4.78, 5) is 10.6. The number of allylic oxidation sites excluding steroid dienone is 1. The van der Waals surface area contributed by atoms with Crippen molar-refractivity contribution in [3.8, 4) is 0 Å². The SMILES string of the molecule is CCC1=CC(C)OC(=O)O1. The number of carbonyl (C=O) groups is 1. The molecule has 10 heavy (non-hydrogen) atoms. The van der Waals surface area contributed by atoms with Gasteiger partial charge < -0.3 is 9.47 Å². The molecular formula is C7H10O3. The molecular weight excluding hydrogens is 132 g/mol. The van der Waals surface area contributed by atoms with Gasteiger partial charge in [0.25, 0.3) is 0 Å². The normalized spacial score (nSPS) is 24.8. The molecule has 0 bridgehead atoms. The van der Waals surface area contributed by atoms with Crippen molar-refractivity contribution in [3.63, 3.8) is 0 Å². The molecule has 0 spiro atoms. The Balaban J connectivity index is 2.65. The smallest absolute Gasteiger partial charge is 0.427 e. The number of cyclic esters (lactones) is 2. The Labute approximate surface area is 59.6 Å². The monoisotopic (exact) mass is 142 g/mol. The highest BCUT2D eigenvalue weighted by Crippen LogP contribution is 2.13. The Morgan fingerprint density at radius 1 is 1.70 bits per heavy atom. The standard InChI is InChI=1S/C7H10O3/c1-3-6-4-5(2)9-7(8)10-6/h4-5H,3H2,1-2H3. The van der Waals surface area contributed by atoms with Crippen LogP contribution in [0.2, 0.25) is 0 Å². The largest absolute Gasteiger partial charge is 0.514 e. The molecule has 1 rings (SSSR count). The molecule has 0 aliphatic carbocycles. The molecule has 0 aromatic rings. The minimum atomic E-state index is -0.591. The zero-order chi connectivity index (χ0) is 7.56. The van der Waals surface area contributed by atoms with Crippen molar-refractivity contribution in [2.45, 2.75) is 26.4 Å². The quantitative estimate of drug-likeness (QED) is 0.524. The van der Waals surface area contributed by atoms with Gasteiger partial charge in [0.05, 0.1) is 0 Å². The third kappa shape index (κ3) is 1.50. The van der Waals surface area contributed by atoms with Crippen LogP contribution in [-0.2, 0) is 9.47 Å². The first kappa shape index (κ1) is 7.12. The average molecular weight is 142 g/mol. The molecule has 1 heterocycles. The Morgan fingerprint density at radius 2 is 2.40 bits per heavy atom. The summed E-state index contributed by atoms with van der Waals surface area (Å²) in [6, 6.07) is 0. The molecule has 1 unspecified atom stereocenters. The second-order valence-electron chi connectivity index (χ2n) is 2.16. The van der Waals surface area contributed by atoms with Gasteiger partial charge in [0, 0.05) is 6.42 Å². The van der Waals surface area contributed by atoms with E-state index >= 15 is 0 Å². The van der Waals surface area contributed by atoms with Crippen molar-refractivity contribution >= 4 is 6.16 Å². The molecule has 0 saturated heterocycles. The van der Waals surface area contributed by atoms with Crippen LogP contribution in [0.4, 0.5) is 4.79 Å². The highest BCUT2D eigenvalue weighted by molar-refractivity contribution is 5.63. The van der Waals surface area contributed by atoms with Crippen molar-refractivity contribution < 1.29 is 14.3 Å². The first-order chi connectivity index (χ1) is 4.72. The van der Waals surface area contributed by atoms with Crippen molar-refractivity contribution in [3.05, 3.63) is 11.8 Å². The molecule has 0 aromatic carbocycles. The van der Waals surface area contributed by atoms with Gasteiger partial charge in [-0.05, 0) is 13.0 Å². The summed E-state index contributed by atoms with van der Waals surface area (Å²) in [6.07, 6.45) is 1.80. The fourth-order valence-corrected chi connectivity index (χ4v) is 0.803. The first-order valence-corrected chi connectivity index (χ1v) is 3.31. The second kappa shape index (κ2) is 2.73. The van der Waals surface area contributed by atoms with Gasteiger partial charge in [0.1, 0.15) is 11.9 Å². The van der Waals surface area contributed by atoms with Gasteiger partial charge in [-0.1, -0.05) is 6.92 Å². The predicted octanol–water partition coefficient (Wildman–Crippen LogP) is 1.84. The number of ether oxygens (including phenoxy) is 2. The number of hydrogen-bond acceptors (Lipinski definition) is 3. The summed E-state index contributed by atoms with van der Waals surface area (Å²) >= 11 is 0. The average Bonchev–Trinajstić information content (AvgIpc) is 1.85. The van der Waals surface area contributed by atoms with Crippen LogP contribution >= 0.6 is 0 Å². The van der Waals surface area contributed by atoms with Crippen LogP contribution in [-0.4, -0.2) is 12.3 Å². The second-order valence-corrected chi connectivity index (χ2v) is 2.16. The van der Waals surface area contributed by atoms with Gasteiger partial charge in [-0.3, -0.25) is 0 Å².